The molecule has 5 heteroatoms. The maximum atomic E-state index is 12.1. The van der Waals surface area contributed by atoms with Gasteiger partial charge in [-0.3, -0.25) is 9.59 Å². The van der Waals surface area contributed by atoms with E-state index in [1.54, 1.807) is 7.05 Å². The molecule has 0 aromatic heterocycles. The lowest BCUT2D eigenvalue weighted by atomic mass is 10.0. The fourth-order valence-electron chi connectivity index (χ4n) is 2.13. The van der Waals surface area contributed by atoms with E-state index in [2.05, 4.69) is 10.6 Å². The van der Waals surface area contributed by atoms with Crippen molar-refractivity contribution in [2.45, 2.75) is 38.8 Å². The summed E-state index contributed by atoms with van der Waals surface area (Å²) >= 11 is 0. The molecule has 1 rings (SSSR count). The van der Waals surface area contributed by atoms with Gasteiger partial charge in [0.05, 0.1) is 6.04 Å². The van der Waals surface area contributed by atoms with Crippen LogP contribution in [-0.2, 0) is 16.0 Å². The minimum Gasteiger partial charge on any atom is -0.357 e. The van der Waals surface area contributed by atoms with Crippen molar-refractivity contribution in [2.75, 3.05) is 7.05 Å². The summed E-state index contributed by atoms with van der Waals surface area (Å²) in [4.78, 5) is 24.0. The number of likely N-dealkylation sites (N-methyl/N-ethyl adjacent to an activating group) is 1. The Hall–Kier alpha value is -1.88. The van der Waals surface area contributed by atoms with Crippen molar-refractivity contribution in [2.24, 2.45) is 11.7 Å². The summed E-state index contributed by atoms with van der Waals surface area (Å²) in [5, 5.41) is 5.32. The number of nitrogens with one attached hydrogen (secondary N) is 2. The van der Waals surface area contributed by atoms with E-state index < -0.39 is 12.1 Å². The van der Waals surface area contributed by atoms with Crippen molar-refractivity contribution in [3.8, 4) is 0 Å². The number of carbonyl (C=O) groups excluding carboxylic acids is 2. The van der Waals surface area contributed by atoms with Crippen LogP contribution in [0.15, 0.2) is 30.3 Å². The lowest BCUT2D eigenvalue weighted by Gasteiger charge is -2.20. The number of carbonyl (C=O) groups is 2. The standard InChI is InChI=1S/C16H25N3O2/c1-11(2)9-13(17)15(20)19-14(16(21)18-3)10-12-7-5-4-6-8-12/h4-8,11,13-14H,9-10,17H2,1-3H3,(H,18,21)(H,19,20)/t13?,14-/m0/s1. The van der Waals surface area contributed by atoms with Crippen LogP contribution in [-0.4, -0.2) is 30.9 Å². The second-order valence-corrected chi connectivity index (χ2v) is 5.60. The predicted molar refractivity (Wildman–Crippen MR) is 83.6 cm³/mol. The highest BCUT2D eigenvalue weighted by molar-refractivity contribution is 5.89. The average Bonchev–Trinajstić information content (AvgIpc) is 2.46. The number of nitrogens with two attached hydrogens (primary N) is 1. The molecular formula is C16H25N3O2. The molecule has 1 aromatic carbocycles. The lowest BCUT2D eigenvalue weighted by Crippen LogP contribution is -2.52. The van der Waals surface area contributed by atoms with Crippen LogP contribution in [0, 0.1) is 5.92 Å². The van der Waals surface area contributed by atoms with Gasteiger partial charge in [0.15, 0.2) is 0 Å². The summed E-state index contributed by atoms with van der Waals surface area (Å²) in [5.41, 5.74) is 6.85. The van der Waals surface area contributed by atoms with E-state index in [1.807, 2.05) is 44.2 Å². The minimum atomic E-state index is -0.608. The van der Waals surface area contributed by atoms with Crippen LogP contribution in [0.4, 0.5) is 0 Å². The van der Waals surface area contributed by atoms with Crippen LogP contribution < -0.4 is 16.4 Å². The van der Waals surface area contributed by atoms with Gasteiger partial charge >= 0.3 is 0 Å². The fraction of sp³-hybridized carbons (Fsp3) is 0.500. The van der Waals surface area contributed by atoms with Gasteiger partial charge in [0.1, 0.15) is 6.04 Å². The number of hydrogen-bond donors (Lipinski definition) is 3. The second-order valence-electron chi connectivity index (χ2n) is 5.60. The zero-order valence-corrected chi connectivity index (χ0v) is 12.9. The number of rotatable bonds is 7. The van der Waals surface area contributed by atoms with Crippen LogP contribution in [0.3, 0.4) is 0 Å². The molecule has 5 nitrogen and oxygen atoms in total. The van der Waals surface area contributed by atoms with E-state index in [0.717, 1.165) is 5.56 Å². The Morgan fingerprint density at radius 2 is 1.76 bits per heavy atom. The van der Waals surface area contributed by atoms with E-state index in [9.17, 15) is 9.59 Å². The van der Waals surface area contributed by atoms with E-state index in [1.165, 1.54) is 0 Å². The topological polar surface area (TPSA) is 84.2 Å². The Morgan fingerprint density at radius 1 is 1.14 bits per heavy atom. The molecule has 116 valence electrons. The number of benzene rings is 1. The quantitative estimate of drug-likeness (QED) is 0.696. The molecule has 4 N–H and O–H groups in total. The van der Waals surface area contributed by atoms with Gasteiger partial charge in [0, 0.05) is 13.5 Å². The van der Waals surface area contributed by atoms with Crippen LogP contribution in [0.1, 0.15) is 25.8 Å². The fourth-order valence-corrected chi connectivity index (χ4v) is 2.13. The third-order valence-electron chi connectivity index (χ3n) is 3.22. The Bertz CT molecular complexity index is 460. The van der Waals surface area contributed by atoms with Crippen molar-refractivity contribution < 1.29 is 9.59 Å². The minimum absolute atomic E-state index is 0.219. The summed E-state index contributed by atoms with van der Waals surface area (Å²) in [6.07, 6.45) is 1.04. The lowest BCUT2D eigenvalue weighted by molar-refractivity contribution is -0.129. The SMILES string of the molecule is CNC(=O)[C@H](Cc1ccccc1)NC(=O)C(N)CC(C)C. The Morgan fingerprint density at radius 3 is 2.29 bits per heavy atom. The molecule has 0 saturated carbocycles. The first-order valence-electron chi connectivity index (χ1n) is 7.25. The van der Waals surface area contributed by atoms with Crippen molar-refractivity contribution >= 4 is 11.8 Å². The molecule has 0 fully saturated rings. The van der Waals surface area contributed by atoms with E-state index in [0.29, 0.717) is 18.8 Å². The smallest absolute Gasteiger partial charge is 0.242 e. The highest BCUT2D eigenvalue weighted by Gasteiger charge is 2.23. The van der Waals surface area contributed by atoms with Crippen molar-refractivity contribution in [1.82, 2.24) is 10.6 Å². The van der Waals surface area contributed by atoms with E-state index in [4.69, 9.17) is 5.73 Å². The van der Waals surface area contributed by atoms with Gasteiger partial charge in [-0.1, -0.05) is 44.2 Å². The average molecular weight is 291 g/mol. The Balaban J connectivity index is 2.70. The zero-order valence-electron chi connectivity index (χ0n) is 12.9. The molecule has 0 aliphatic heterocycles. The van der Waals surface area contributed by atoms with Gasteiger partial charge in [-0.15, -0.1) is 0 Å². The van der Waals surface area contributed by atoms with Gasteiger partial charge in [0.25, 0.3) is 0 Å². The first-order valence-corrected chi connectivity index (χ1v) is 7.25. The molecule has 0 heterocycles. The molecular weight excluding hydrogens is 266 g/mol. The van der Waals surface area contributed by atoms with Gasteiger partial charge < -0.3 is 16.4 Å². The Labute approximate surface area is 126 Å². The molecule has 0 radical (unpaired) electrons. The Kier molecular flexibility index (Phi) is 6.88. The van der Waals surface area contributed by atoms with Crippen LogP contribution in [0.25, 0.3) is 0 Å². The van der Waals surface area contributed by atoms with Crippen LogP contribution in [0.5, 0.6) is 0 Å². The predicted octanol–water partition coefficient (Wildman–Crippen LogP) is 0.833. The molecule has 0 saturated heterocycles. The molecule has 2 amide bonds. The zero-order chi connectivity index (χ0) is 15.8. The van der Waals surface area contributed by atoms with Crippen LogP contribution >= 0.6 is 0 Å². The van der Waals surface area contributed by atoms with Crippen molar-refractivity contribution in [3.05, 3.63) is 35.9 Å². The van der Waals surface area contributed by atoms with E-state index in [-0.39, 0.29) is 11.8 Å². The molecule has 1 aromatic rings. The number of amides is 2. The summed E-state index contributed by atoms with van der Waals surface area (Å²) in [6.45, 7) is 4.01. The third kappa shape index (κ3) is 5.95. The molecule has 0 spiro atoms. The first-order chi connectivity index (χ1) is 9.93. The molecule has 0 aliphatic carbocycles. The third-order valence-corrected chi connectivity index (χ3v) is 3.22. The largest absolute Gasteiger partial charge is 0.357 e. The van der Waals surface area contributed by atoms with Gasteiger partial charge in [-0.05, 0) is 17.9 Å². The number of hydrogen-bond acceptors (Lipinski definition) is 3. The van der Waals surface area contributed by atoms with Gasteiger partial charge in [0.2, 0.25) is 11.8 Å². The van der Waals surface area contributed by atoms with Crippen LogP contribution in [0.2, 0.25) is 0 Å². The molecule has 0 aliphatic rings. The monoisotopic (exact) mass is 291 g/mol. The highest BCUT2D eigenvalue weighted by atomic mass is 16.2. The summed E-state index contributed by atoms with van der Waals surface area (Å²) in [5.74, 6) is -0.171. The maximum Gasteiger partial charge on any atom is 0.242 e. The van der Waals surface area contributed by atoms with E-state index >= 15 is 0 Å². The molecule has 21 heavy (non-hydrogen) atoms. The molecule has 1 unspecified atom stereocenters. The summed E-state index contributed by atoms with van der Waals surface area (Å²) < 4.78 is 0. The maximum absolute atomic E-state index is 12.1. The van der Waals surface area contributed by atoms with Crippen molar-refractivity contribution in [1.29, 1.82) is 0 Å². The highest BCUT2D eigenvalue weighted by Crippen LogP contribution is 2.06. The second kappa shape index (κ2) is 8.42. The molecule has 2 atom stereocenters. The normalized spacial score (nSPS) is 13.6. The summed E-state index contributed by atoms with van der Waals surface area (Å²) in [7, 11) is 1.56. The van der Waals surface area contributed by atoms with Gasteiger partial charge in [-0.25, -0.2) is 0 Å². The summed E-state index contributed by atoms with van der Waals surface area (Å²) in [6, 6.07) is 8.38. The van der Waals surface area contributed by atoms with Gasteiger partial charge in [-0.2, -0.15) is 0 Å². The molecule has 0 bridgehead atoms. The first kappa shape index (κ1) is 17.2. The van der Waals surface area contributed by atoms with Crippen molar-refractivity contribution in [3.63, 3.8) is 0 Å².